The van der Waals surface area contributed by atoms with Crippen LogP contribution in [0, 0.1) is 0 Å². The van der Waals surface area contributed by atoms with Crippen molar-refractivity contribution in [1.82, 2.24) is 5.32 Å². The van der Waals surface area contributed by atoms with Gasteiger partial charge in [-0.1, -0.05) is 5.11 Å². The van der Waals surface area contributed by atoms with Gasteiger partial charge in [0.25, 0.3) is 0 Å². The summed E-state index contributed by atoms with van der Waals surface area (Å²) in [6.45, 7) is 4.96. The molecule has 11 heteroatoms. The molecular formula is C16H28N4O7. The van der Waals surface area contributed by atoms with Crippen LogP contribution in [0.4, 0.5) is 0 Å². The van der Waals surface area contributed by atoms with Gasteiger partial charge in [0.2, 0.25) is 5.91 Å². The van der Waals surface area contributed by atoms with Gasteiger partial charge in [0.05, 0.1) is 45.2 Å². The van der Waals surface area contributed by atoms with Gasteiger partial charge in [0, 0.05) is 25.3 Å². The Balaban J connectivity index is 2.24. The Hall–Kier alpha value is -1.91. The smallest absolute Gasteiger partial charge is 0.302 e. The number of rotatable bonds is 13. The summed E-state index contributed by atoms with van der Waals surface area (Å²) < 4.78 is 27.1. The van der Waals surface area contributed by atoms with Crippen LogP contribution in [0.2, 0.25) is 0 Å². The monoisotopic (exact) mass is 388 g/mol. The number of carbonyl (C=O) groups is 2. The third-order valence-electron chi connectivity index (χ3n) is 3.60. The Labute approximate surface area is 158 Å². The number of hydrogen-bond donors (Lipinski definition) is 1. The van der Waals surface area contributed by atoms with Crippen LogP contribution in [0.5, 0.6) is 0 Å². The van der Waals surface area contributed by atoms with Gasteiger partial charge in [0.15, 0.2) is 6.29 Å². The topological polar surface area (TPSA) is 141 Å². The van der Waals surface area contributed by atoms with Crippen LogP contribution in [-0.4, -0.2) is 76.5 Å². The molecule has 1 heterocycles. The van der Waals surface area contributed by atoms with Crippen molar-refractivity contribution in [3.63, 3.8) is 0 Å². The van der Waals surface area contributed by atoms with E-state index in [1.54, 1.807) is 0 Å². The van der Waals surface area contributed by atoms with Gasteiger partial charge >= 0.3 is 5.97 Å². The van der Waals surface area contributed by atoms with Crippen molar-refractivity contribution in [2.75, 3.05) is 46.2 Å². The third-order valence-corrected chi connectivity index (χ3v) is 3.60. The normalized spacial score (nSPS) is 21.9. The molecule has 0 aliphatic carbocycles. The van der Waals surface area contributed by atoms with Crippen LogP contribution < -0.4 is 5.32 Å². The quantitative estimate of drug-likeness (QED) is 0.162. The second-order valence-corrected chi connectivity index (χ2v) is 5.86. The van der Waals surface area contributed by atoms with Crippen molar-refractivity contribution in [1.29, 1.82) is 0 Å². The zero-order chi connectivity index (χ0) is 19.9. The molecule has 1 aliphatic heterocycles. The minimum atomic E-state index is -0.632. The van der Waals surface area contributed by atoms with Gasteiger partial charge in [-0.3, -0.25) is 9.59 Å². The molecule has 0 unspecified atom stereocenters. The Morgan fingerprint density at radius 2 is 1.85 bits per heavy atom. The van der Waals surface area contributed by atoms with E-state index in [0.717, 1.165) is 0 Å². The van der Waals surface area contributed by atoms with Crippen molar-refractivity contribution in [2.24, 2.45) is 5.11 Å². The molecule has 27 heavy (non-hydrogen) atoms. The molecule has 0 aromatic rings. The van der Waals surface area contributed by atoms with E-state index in [0.29, 0.717) is 39.3 Å². The number of hydrogen-bond acceptors (Lipinski definition) is 8. The van der Waals surface area contributed by atoms with E-state index in [2.05, 4.69) is 15.3 Å². The molecule has 1 rings (SSSR count). The largest absolute Gasteiger partial charge is 0.463 e. The second kappa shape index (κ2) is 14.2. The fourth-order valence-electron chi connectivity index (χ4n) is 2.44. The first kappa shape index (κ1) is 23.1. The van der Waals surface area contributed by atoms with Crippen molar-refractivity contribution < 1.29 is 33.3 Å². The third kappa shape index (κ3) is 11.4. The van der Waals surface area contributed by atoms with Gasteiger partial charge < -0.3 is 29.0 Å². The number of nitrogens with one attached hydrogen (secondary N) is 1. The van der Waals surface area contributed by atoms with Crippen LogP contribution in [0.3, 0.4) is 0 Å². The molecule has 1 amide bonds. The molecule has 1 fully saturated rings. The summed E-state index contributed by atoms with van der Waals surface area (Å²) in [5.41, 5.74) is 8.12. The maximum atomic E-state index is 11.3. The van der Waals surface area contributed by atoms with Gasteiger partial charge in [0.1, 0.15) is 6.61 Å². The van der Waals surface area contributed by atoms with Crippen molar-refractivity contribution in [3.8, 4) is 0 Å². The Morgan fingerprint density at radius 3 is 2.52 bits per heavy atom. The zero-order valence-corrected chi connectivity index (χ0v) is 15.8. The van der Waals surface area contributed by atoms with Crippen molar-refractivity contribution in [3.05, 3.63) is 10.4 Å². The lowest BCUT2D eigenvalue weighted by molar-refractivity contribution is -0.221. The molecule has 3 atom stereocenters. The van der Waals surface area contributed by atoms with Crippen LogP contribution in [0.1, 0.15) is 26.7 Å². The lowest BCUT2D eigenvalue weighted by atomic mass is 10.0. The fourth-order valence-corrected chi connectivity index (χ4v) is 2.44. The van der Waals surface area contributed by atoms with E-state index in [1.807, 2.05) is 0 Å². The molecule has 154 valence electrons. The van der Waals surface area contributed by atoms with Gasteiger partial charge in [-0.25, -0.2) is 0 Å². The van der Waals surface area contributed by atoms with Gasteiger partial charge in [-0.05, 0) is 18.4 Å². The highest BCUT2D eigenvalue weighted by atomic mass is 16.7. The lowest BCUT2D eigenvalue weighted by Gasteiger charge is -2.36. The predicted molar refractivity (Wildman–Crippen MR) is 93.7 cm³/mol. The molecule has 0 radical (unpaired) electrons. The molecule has 11 nitrogen and oxygen atoms in total. The molecule has 0 bridgehead atoms. The molecule has 0 aromatic heterocycles. The highest BCUT2D eigenvalue weighted by Gasteiger charge is 2.33. The number of esters is 1. The van der Waals surface area contributed by atoms with Gasteiger partial charge in [-0.15, -0.1) is 0 Å². The Kier molecular flexibility index (Phi) is 12.2. The summed E-state index contributed by atoms with van der Waals surface area (Å²) in [5, 5.41) is 6.16. The average molecular weight is 388 g/mol. The molecule has 0 saturated carbocycles. The minimum Gasteiger partial charge on any atom is -0.463 e. The van der Waals surface area contributed by atoms with Crippen molar-refractivity contribution in [2.45, 2.75) is 45.1 Å². The molecule has 1 aliphatic rings. The predicted octanol–water partition coefficient (Wildman–Crippen LogP) is 0.919. The Bertz CT molecular complexity index is 499. The summed E-state index contributed by atoms with van der Waals surface area (Å²) in [5.74, 6) is -0.528. The number of ether oxygens (including phenoxy) is 5. The van der Waals surface area contributed by atoms with E-state index in [4.69, 9.17) is 29.2 Å². The lowest BCUT2D eigenvalue weighted by Crippen LogP contribution is -2.51. The van der Waals surface area contributed by atoms with Crippen molar-refractivity contribution >= 4 is 11.9 Å². The standard InChI is InChI=1S/C16H28N4O7/c1-12(21)19-15-4-3-14(11-26-13(2)22)27-16(15)25-10-9-24-8-7-23-6-5-18-20-17/h14-16H,3-11H2,1-2H3,(H,19,21)/t14-,15-,16-/m1/s1. The van der Waals surface area contributed by atoms with E-state index in [1.165, 1.54) is 13.8 Å². The van der Waals surface area contributed by atoms with Crippen LogP contribution in [-0.2, 0) is 33.3 Å². The van der Waals surface area contributed by atoms with E-state index >= 15 is 0 Å². The number of nitrogens with zero attached hydrogens (tertiary/aromatic N) is 3. The maximum Gasteiger partial charge on any atom is 0.302 e. The molecule has 1 saturated heterocycles. The highest BCUT2D eigenvalue weighted by molar-refractivity contribution is 5.73. The van der Waals surface area contributed by atoms with E-state index in [-0.39, 0.29) is 43.8 Å². The summed E-state index contributed by atoms with van der Waals surface area (Å²) in [4.78, 5) is 24.9. The minimum absolute atomic E-state index is 0.158. The molecule has 1 N–H and O–H groups in total. The highest BCUT2D eigenvalue weighted by Crippen LogP contribution is 2.21. The SMILES string of the molecule is CC(=O)N[C@@H]1CC[C@H](COC(C)=O)O[C@H]1OCCOCCOCCN=[N+]=[N-]. The maximum absolute atomic E-state index is 11.3. The van der Waals surface area contributed by atoms with E-state index < -0.39 is 6.29 Å². The number of carbonyl (C=O) groups excluding carboxylic acids is 2. The number of azide groups is 1. The van der Waals surface area contributed by atoms with Crippen LogP contribution in [0.25, 0.3) is 10.4 Å². The molecular weight excluding hydrogens is 360 g/mol. The van der Waals surface area contributed by atoms with Crippen LogP contribution >= 0.6 is 0 Å². The van der Waals surface area contributed by atoms with E-state index in [9.17, 15) is 9.59 Å². The Morgan fingerprint density at radius 1 is 1.15 bits per heavy atom. The van der Waals surface area contributed by atoms with Gasteiger partial charge in [-0.2, -0.15) is 0 Å². The summed E-state index contributed by atoms with van der Waals surface area (Å²) in [7, 11) is 0. The summed E-state index contributed by atoms with van der Waals surface area (Å²) >= 11 is 0. The molecule has 0 aromatic carbocycles. The fraction of sp³-hybridized carbons (Fsp3) is 0.875. The first-order valence-electron chi connectivity index (χ1n) is 8.86. The second-order valence-electron chi connectivity index (χ2n) is 5.86. The number of amides is 1. The first-order chi connectivity index (χ1) is 13.0. The average Bonchev–Trinajstić information content (AvgIpc) is 2.62. The summed E-state index contributed by atoms with van der Waals surface area (Å²) in [6, 6.07) is -0.264. The zero-order valence-electron chi connectivity index (χ0n) is 15.8. The molecule has 0 spiro atoms. The van der Waals surface area contributed by atoms with Crippen LogP contribution in [0.15, 0.2) is 5.11 Å². The first-order valence-corrected chi connectivity index (χ1v) is 8.86. The summed E-state index contributed by atoms with van der Waals surface area (Å²) in [6.07, 6.45) is 0.416.